The van der Waals surface area contributed by atoms with E-state index in [9.17, 15) is 0 Å². The highest BCUT2D eigenvalue weighted by atomic mass is 35.5. The molecule has 0 spiro atoms. The predicted octanol–water partition coefficient (Wildman–Crippen LogP) is 5.42. The van der Waals surface area contributed by atoms with Crippen LogP contribution in [0.2, 0.25) is 0 Å². The molecule has 1 aromatic carbocycles. The van der Waals surface area contributed by atoms with E-state index in [-0.39, 0.29) is 12.4 Å². The Balaban J connectivity index is 0.00000161. The van der Waals surface area contributed by atoms with Gasteiger partial charge in [0.15, 0.2) is 0 Å². The zero-order chi connectivity index (χ0) is 13.9. The molecule has 0 unspecified atom stereocenters. The first-order chi connectivity index (χ1) is 9.74. The van der Waals surface area contributed by atoms with Crippen molar-refractivity contribution in [3.05, 3.63) is 48.1 Å². The SMILES string of the molecule is CC(C)COc1ccc2c(-c3cccnc3)csc2c1.Cl. The number of ether oxygens (including phenoxy) is 1. The van der Waals surface area contributed by atoms with E-state index >= 15 is 0 Å². The Hall–Kier alpha value is -1.58. The number of halogens is 1. The smallest absolute Gasteiger partial charge is 0.120 e. The molecule has 0 N–H and O–H groups in total. The van der Waals surface area contributed by atoms with Crippen LogP contribution in [0.15, 0.2) is 48.1 Å². The van der Waals surface area contributed by atoms with Crippen molar-refractivity contribution in [3.63, 3.8) is 0 Å². The molecule has 2 nitrogen and oxygen atoms in total. The number of hydrogen-bond donors (Lipinski definition) is 0. The summed E-state index contributed by atoms with van der Waals surface area (Å²) < 4.78 is 7.04. The van der Waals surface area contributed by atoms with Crippen LogP contribution < -0.4 is 4.74 Å². The summed E-state index contributed by atoms with van der Waals surface area (Å²) in [7, 11) is 0. The monoisotopic (exact) mass is 319 g/mol. The van der Waals surface area contributed by atoms with Gasteiger partial charge in [0, 0.05) is 33.6 Å². The Bertz CT molecular complexity index is 709. The summed E-state index contributed by atoms with van der Waals surface area (Å²) in [4.78, 5) is 4.19. The molecule has 4 heteroatoms. The first-order valence-corrected chi connectivity index (χ1v) is 7.66. The van der Waals surface area contributed by atoms with Gasteiger partial charge in [-0.1, -0.05) is 19.9 Å². The standard InChI is InChI=1S/C17H17NOS.ClH/c1-12(2)10-19-14-5-6-15-16(11-20-17(15)8-14)13-4-3-7-18-9-13;/h3-9,11-12H,10H2,1-2H3;1H. The fourth-order valence-electron chi connectivity index (χ4n) is 2.11. The van der Waals surface area contributed by atoms with E-state index < -0.39 is 0 Å². The summed E-state index contributed by atoms with van der Waals surface area (Å²) in [6, 6.07) is 10.4. The quantitative estimate of drug-likeness (QED) is 0.640. The van der Waals surface area contributed by atoms with E-state index in [1.807, 2.05) is 12.3 Å². The topological polar surface area (TPSA) is 22.1 Å². The van der Waals surface area contributed by atoms with Gasteiger partial charge in [0.2, 0.25) is 0 Å². The second-order valence-corrected chi connectivity index (χ2v) is 6.17. The maximum Gasteiger partial charge on any atom is 0.120 e. The molecule has 0 saturated carbocycles. The van der Waals surface area contributed by atoms with Crippen LogP contribution in [0.3, 0.4) is 0 Å². The molecule has 110 valence electrons. The number of benzene rings is 1. The molecule has 3 rings (SSSR count). The lowest BCUT2D eigenvalue weighted by Gasteiger charge is -2.08. The molecule has 2 aromatic heterocycles. The van der Waals surface area contributed by atoms with Crippen molar-refractivity contribution in [1.29, 1.82) is 0 Å². The summed E-state index contributed by atoms with van der Waals surface area (Å²) in [6.45, 7) is 5.07. The lowest BCUT2D eigenvalue weighted by molar-refractivity contribution is 0.271. The normalized spacial score (nSPS) is 10.6. The molecule has 2 heterocycles. The van der Waals surface area contributed by atoms with Gasteiger partial charge in [0.1, 0.15) is 5.75 Å². The van der Waals surface area contributed by atoms with Crippen molar-refractivity contribution in [2.75, 3.05) is 6.61 Å². The van der Waals surface area contributed by atoms with Gasteiger partial charge in [-0.05, 0) is 35.6 Å². The van der Waals surface area contributed by atoms with Crippen LogP contribution in [0, 0.1) is 5.92 Å². The molecule has 21 heavy (non-hydrogen) atoms. The first kappa shape index (κ1) is 15.8. The lowest BCUT2D eigenvalue weighted by Crippen LogP contribution is -2.04. The minimum Gasteiger partial charge on any atom is -0.493 e. The number of hydrogen-bond acceptors (Lipinski definition) is 3. The van der Waals surface area contributed by atoms with Crippen LogP contribution in [-0.2, 0) is 0 Å². The molecule has 0 aliphatic rings. The van der Waals surface area contributed by atoms with E-state index in [1.165, 1.54) is 15.6 Å². The fraction of sp³-hybridized carbons (Fsp3) is 0.235. The fourth-order valence-corrected chi connectivity index (χ4v) is 3.10. The number of aromatic nitrogens is 1. The minimum atomic E-state index is 0. The summed E-state index contributed by atoms with van der Waals surface area (Å²) >= 11 is 1.75. The third kappa shape index (κ3) is 3.55. The summed E-state index contributed by atoms with van der Waals surface area (Å²) in [6.07, 6.45) is 3.71. The first-order valence-electron chi connectivity index (χ1n) is 6.78. The van der Waals surface area contributed by atoms with Crippen molar-refractivity contribution < 1.29 is 4.74 Å². The molecule has 0 fully saturated rings. The number of rotatable bonds is 4. The van der Waals surface area contributed by atoms with Gasteiger partial charge < -0.3 is 4.74 Å². The Kier molecular flexibility index (Phi) is 5.21. The van der Waals surface area contributed by atoms with Gasteiger partial charge in [0.25, 0.3) is 0 Å². The van der Waals surface area contributed by atoms with Gasteiger partial charge in [-0.3, -0.25) is 4.98 Å². The van der Waals surface area contributed by atoms with Crippen LogP contribution >= 0.6 is 23.7 Å². The van der Waals surface area contributed by atoms with Crippen molar-refractivity contribution in [3.8, 4) is 16.9 Å². The van der Waals surface area contributed by atoms with E-state index in [2.05, 4.69) is 48.5 Å². The molecule has 0 saturated heterocycles. The molecule has 0 aliphatic carbocycles. The second-order valence-electron chi connectivity index (χ2n) is 5.25. The highest BCUT2D eigenvalue weighted by Crippen LogP contribution is 2.35. The van der Waals surface area contributed by atoms with Crippen molar-refractivity contribution in [2.24, 2.45) is 5.92 Å². The average Bonchev–Trinajstić information content (AvgIpc) is 2.89. The van der Waals surface area contributed by atoms with Crippen LogP contribution in [0.5, 0.6) is 5.75 Å². The zero-order valence-electron chi connectivity index (χ0n) is 12.1. The minimum absolute atomic E-state index is 0. The molecule has 3 aromatic rings. The average molecular weight is 320 g/mol. The molecule has 0 amide bonds. The second kappa shape index (κ2) is 6.92. The Labute approximate surface area is 135 Å². The van der Waals surface area contributed by atoms with E-state index in [0.717, 1.165) is 17.9 Å². The van der Waals surface area contributed by atoms with Crippen molar-refractivity contribution >= 4 is 33.8 Å². The molecule has 0 atom stereocenters. The van der Waals surface area contributed by atoms with Gasteiger partial charge in [-0.2, -0.15) is 0 Å². The molecule has 0 radical (unpaired) electrons. The van der Waals surface area contributed by atoms with Gasteiger partial charge >= 0.3 is 0 Å². The summed E-state index contributed by atoms with van der Waals surface area (Å²) in [5, 5.41) is 3.45. The number of fused-ring (bicyclic) bond motifs is 1. The van der Waals surface area contributed by atoms with Gasteiger partial charge in [-0.15, -0.1) is 23.7 Å². The van der Waals surface area contributed by atoms with E-state index in [4.69, 9.17) is 4.74 Å². The van der Waals surface area contributed by atoms with Gasteiger partial charge in [-0.25, -0.2) is 0 Å². The zero-order valence-corrected chi connectivity index (χ0v) is 13.7. The summed E-state index contributed by atoms with van der Waals surface area (Å²) in [5.41, 5.74) is 2.41. The maximum atomic E-state index is 5.78. The molecule has 0 aliphatic heterocycles. The number of nitrogens with zero attached hydrogens (tertiary/aromatic N) is 1. The third-order valence-electron chi connectivity index (χ3n) is 3.10. The molecular formula is C17H18ClNOS. The van der Waals surface area contributed by atoms with Gasteiger partial charge in [0.05, 0.1) is 6.61 Å². The van der Waals surface area contributed by atoms with Crippen LogP contribution in [0.1, 0.15) is 13.8 Å². The van der Waals surface area contributed by atoms with Crippen molar-refractivity contribution in [1.82, 2.24) is 4.98 Å². The van der Waals surface area contributed by atoms with Crippen LogP contribution in [0.4, 0.5) is 0 Å². The molecular weight excluding hydrogens is 302 g/mol. The summed E-state index contributed by atoms with van der Waals surface area (Å²) in [5.74, 6) is 1.49. The third-order valence-corrected chi connectivity index (χ3v) is 4.05. The number of pyridine rings is 1. The maximum absolute atomic E-state index is 5.78. The Morgan fingerprint density at radius 2 is 2.10 bits per heavy atom. The highest BCUT2D eigenvalue weighted by Gasteiger charge is 2.07. The van der Waals surface area contributed by atoms with Crippen LogP contribution in [0.25, 0.3) is 21.2 Å². The van der Waals surface area contributed by atoms with Crippen molar-refractivity contribution in [2.45, 2.75) is 13.8 Å². The van der Waals surface area contributed by atoms with Crippen LogP contribution in [-0.4, -0.2) is 11.6 Å². The van der Waals surface area contributed by atoms with E-state index in [1.54, 1.807) is 17.5 Å². The highest BCUT2D eigenvalue weighted by molar-refractivity contribution is 7.17. The predicted molar refractivity (Wildman–Crippen MR) is 92.6 cm³/mol. The Morgan fingerprint density at radius 1 is 1.24 bits per heavy atom. The largest absolute Gasteiger partial charge is 0.493 e. The van der Waals surface area contributed by atoms with E-state index in [0.29, 0.717) is 5.92 Å². The molecule has 0 bridgehead atoms. The Morgan fingerprint density at radius 3 is 2.81 bits per heavy atom. The number of thiophene rings is 1. The lowest BCUT2D eigenvalue weighted by atomic mass is 10.1.